The third-order valence-electron chi connectivity index (χ3n) is 2.76. The molecular weight excluding hydrogens is 260 g/mol. The van der Waals surface area contributed by atoms with Crippen LogP contribution < -0.4 is 11.1 Å². The average molecular weight is 282 g/mol. The highest BCUT2D eigenvalue weighted by Crippen LogP contribution is 2.20. The molecule has 106 valence electrons. The van der Waals surface area contributed by atoms with Crippen molar-refractivity contribution < 1.29 is 9.53 Å². The number of benzene rings is 1. The highest BCUT2D eigenvalue weighted by molar-refractivity contribution is 7.98. The van der Waals surface area contributed by atoms with Gasteiger partial charge in [0.25, 0.3) is 0 Å². The van der Waals surface area contributed by atoms with Crippen LogP contribution in [0.25, 0.3) is 0 Å². The van der Waals surface area contributed by atoms with Crippen LogP contribution >= 0.6 is 11.8 Å². The third-order valence-corrected chi connectivity index (χ3v) is 3.41. The predicted molar refractivity (Wildman–Crippen MR) is 82.6 cm³/mol. The molecule has 5 heteroatoms. The summed E-state index contributed by atoms with van der Waals surface area (Å²) in [7, 11) is 0. The molecule has 0 fully saturated rings. The number of thioether (sulfide) groups is 1. The van der Waals surface area contributed by atoms with Gasteiger partial charge in [0.15, 0.2) is 0 Å². The minimum absolute atomic E-state index is 0.201. The smallest absolute Gasteiger partial charge is 0.328 e. The van der Waals surface area contributed by atoms with E-state index < -0.39 is 0 Å². The number of nitrogens with one attached hydrogen (secondary N) is 1. The molecule has 0 saturated carbocycles. The van der Waals surface area contributed by atoms with E-state index in [9.17, 15) is 4.79 Å². The number of hydrogen-bond acceptors (Lipinski definition) is 5. The largest absolute Gasteiger partial charge is 0.464 e. The lowest BCUT2D eigenvalue weighted by molar-refractivity contribution is -0.144. The van der Waals surface area contributed by atoms with Crippen LogP contribution in [0, 0.1) is 6.92 Å². The molecule has 0 bridgehead atoms. The quantitative estimate of drug-likeness (QED) is 0.594. The summed E-state index contributed by atoms with van der Waals surface area (Å²) in [4.78, 5) is 11.9. The van der Waals surface area contributed by atoms with Gasteiger partial charge in [-0.2, -0.15) is 11.8 Å². The Hall–Kier alpha value is -1.36. The molecule has 19 heavy (non-hydrogen) atoms. The zero-order valence-electron chi connectivity index (χ0n) is 11.7. The Labute approximate surface area is 119 Å². The number of nitrogens with two attached hydrogens (primary N) is 1. The second-order valence-electron chi connectivity index (χ2n) is 4.30. The summed E-state index contributed by atoms with van der Waals surface area (Å²) >= 11 is 1.71. The van der Waals surface area contributed by atoms with Crippen molar-refractivity contribution in [3.63, 3.8) is 0 Å². The molecule has 0 radical (unpaired) electrons. The van der Waals surface area contributed by atoms with Gasteiger partial charge in [0.05, 0.1) is 6.61 Å². The van der Waals surface area contributed by atoms with Crippen LogP contribution in [0.5, 0.6) is 0 Å². The second-order valence-corrected chi connectivity index (χ2v) is 5.29. The molecular formula is C14H22N2O2S. The van der Waals surface area contributed by atoms with E-state index in [-0.39, 0.29) is 12.0 Å². The van der Waals surface area contributed by atoms with E-state index in [4.69, 9.17) is 10.5 Å². The van der Waals surface area contributed by atoms with Crippen molar-refractivity contribution in [1.82, 2.24) is 0 Å². The first-order valence-electron chi connectivity index (χ1n) is 6.36. The van der Waals surface area contributed by atoms with E-state index in [0.29, 0.717) is 6.61 Å². The summed E-state index contributed by atoms with van der Waals surface area (Å²) in [5, 5.41) is 3.25. The van der Waals surface area contributed by atoms with Gasteiger partial charge in [-0.1, -0.05) is 0 Å². The van der Waals surface area contributed by atoms with E-state index in [1.807, 2.05) is 38.3 Å². The van der Waals surface area contributed by atoms with Crippen LogP contribution in [-0.2, 0) is 9.53 Å². The van der Waals surface area contributed by atoms with Crippen molar-refractivity contribution in [2.45, 2.75) is 26.3 Å². The number of hydrogen-bond donors (Lipinski definition) is 2. The molecule has 1 aromatic carbocycles. The zero-order chi connectivity index (χ0) is 14.3. The van der Waals surface area contributed by atoms with Gasteiger partial charge in [0.2, 0.25) is 0 Å². The van der Waals surface area contributed by atoms with Crippen LogP contribution in [-0.4, -0.2) is 30.6 Å². The molecule has 0 spiro atoms. The fourth-order valence-corrected chi connectivity index (χ4v) is 2.24. The van der Waals surface area contributed by atoms with Crippen LogP contribution in [0.2, 0.25) is 0 Å². The van der Waals surface area contributed by atoms with Crippen molar-refractivity contribution in [3.05, 3.63) is 23.8 Å². The van der Waals surface area contributed by atoms with Crippen molar-refractivity contribution in [2.24, 2.45) is 0 Å². The molecule has 1 atom stereocenters. The lowest BCUT2D eigenvalue weighted by atomic mass is 10.1. The standard InChI is InChI=1S/C14H22N2O2S/c1-4-18-14(17)13(7-8-19-3)16-12-6-5-11(15)9-10(12)2/h5-6,9,13,16H,4,7-8,15H2,1-3H3. The third kappa shape index (κ3) is 5.03. The Morgan fingerprint density at radius 3 is 2.84 bits per heavy atom. The van der Waals surface area contributed by atoms with Crippen molar-refractivity contribution in [2.75, 3.05) is 29.7 Å². The predicted octanol–water partition coefficient (Wildman–Crippen LogP) is 2.67. The first kappa shape index (κ1) is 15.7. The number of rotatable bonds is 7. The normalized spacial score (nSPS) is 11.9. The number of esters is 1. The molecule has 0 aliphatic rings. The number of ether oxygens (including phenoxy) is 1. The van der Waals surface area contributed by atoms with Gasteiger partial charge >= 0.3 is 5.97 Å². The molecule has 0 amide bonds. The number of carbonyl (C=O) groups excluding carboxylic acids is 1. The van der Waals surface area contributed by atoms with Crippen LogP contribution in [0.15, 0.2) is 18.2 Å². The van der Waals surface area contributed by atoms with E-state index >= 15 is 0 Å². The molecule has 3 N–H and O–H groups in total. The molecule has 1 unspecified atom stereocenters. The van der Waals surface area contributed by atoms with E-state index in [1.54, 1.807) is 11.8 Å². The first-order chi connectivity index (χ1) is 9.08. The summed E-state index contributed by atoms with van der Waals surface area (Å²) in [5.74, 6) is 0.706. The van der Waals surface area contributed by atoms with E-state index in [1.165, 1.54) is 0 Å². The maximum Gasteiger partial charge on any atom is 0.328 e. The zero-order valence-corrected chi connectivity index (χ0v) is 12.5. The molecule has 0 aliphatic carbocycles. The Morgan fingerprint density at radius 2 is 2.26 bits per heavy atom. The molecule has 0 aromatic heterocycles. The van der Waals surface area contributed by atoms with E-state index in [2.05, 4.69) is 5.32 Å². The molecule has 1 aromatic rings. The highest BCUT2D eigenvalue weighted by atomic mass is 32.2. The van der Waals surface area contributed by atoms with Gasteiger partial charge in [-0.3, -0.25) is 0 Å². The van der Waals surface area contributed by atoms with E-state index in [0.717, 1.165) is 29.1 Å². The Balaban J connectivity index is 2.77. The van der Waals surface area contributed by atoms with Crippen LogP contribution in [0.1, 0.15) is 18.9 Å². The van der Waals surface area contributed by atoms with Gasteiger partial charge in [-0.15, -0.1) is 0 Å². The summed E-state index contributed by atoms with van der Waals surface area (Å²) in [6.45, 7) is 4.18. The van der Waals surface area contributed by atoms with Crippen molar-refractivity contribution in [1.29, 1.82) is 0 Å². The number of nitrogen functional groups attached to an aromatic ring is 1. The average Bonchev–Trinajstić information content (AvgIpc) is 2.37. The topological polar surface area (TPSA) is 64.3 Å². The number of aryl methyl sites for hydroxylation is 1. The molecule has 4 nitrogen and oxygen atoms in total. The summed E-state index contributed by atoms with van der Waals surface area (Å²) < 4.78 is 5.10. The Bertz CT molecular complexity index is 424. The lowest BCUT2D eigenvalue weighted by Crippen LogP contribution is -2.32. The second kappa shape index (κ2) is 7.94. The minimum Gasteiger partial charge on any atom is -0.464 e. The maximum atomic E-state index is 11.9. The lowest BCUT2D eigenvalue weighted by Gasteiger charge is -2.19. The van der Waals surface area contributed by atoms with Crippen molar-refractivity contribution in [3.8, 4) is 0 Å². The van der Waals surface area contributed by atoms with Gasteiger partial charge in [0, 0.05) is 11.4 Å². The monoisotopic (exact) mass is 282 g/mol. The SMILES string of the molecule is CCOC(=O)C(CCSC)Nc1ccc(N)cc1C. The number of carbonyl (C=O) groups is 1. The summed E-state index contributed by atoms with van der Waals surface area (Å²) in [5.41, 5.74) is 8.40. The fourth-order valence-electron chi connectivity index (χ4n) is 1.76. The van der Waals surface area contributed by atoms with Crippen LogP contribution in [0.4, 0.5) is 11.4 Å². The van der Waals surface area contributed by atoms with Gasteiger partial charge in [-0.05, 0) is 56.0 Å². The fraction of sp³-hybridized carbons (Fsp3) is 0.500. The Kier molecular flexibility index (Phi) is 6.56. The van der Waals surface area contributed by atoms with Crippen LogP contribution in [0.3, 0.4) is 0 Å². The highest BCUT2D eigenvalue weighted by Gasteiger charge is 2.19. The summed E-state index contributed by atoms with van der Waals surface area (Å²) in [6.07, 6.45) is 2.76. The van der Waals surface area contributed by atoms with Gasteiger partial charge in [-0.25, -0.2) is 4.79 Å². The molecule has 1 rings (SSSR count). The minimum atomic E-state index is -0.310. The molecule has 0 heterocycles. The summed E-state index contributed by atoms with van der Waals surface area (Å²) in [6, 6.07) is 5.30. The first-order valence-corrected chi connectivity index (χ1v) is 7.76. The Morgan fingerprint density at radius 1 is 1.53 bits per heavy atom. The van der Waals surface area contributed by atoms with Gasteiger partial charge in [0.1, 0.15) is 6.04 Å². The van der Waals surface area contributed by atoms with Gasteiger partial charge < -0.3 is 15.8 Å². The maximum absolute atomic E-state index is 11.9. The molecule has 0 aliphatic heterocycles. The number of anilines is 2. The molecule has 0 saturated heterocycles. The van der Waals surface area contributed by atoms with Crippen molar-refractivity contribution >= 4 is 29.1 Å².